The first kappa shape index (κ1) is 18.5. The van der Waals surface area contributed by atoms with E-state index in [-0.39, 0.29) is 5.13 Å². The van der Waals surface area contributed by atoms with E-state index in [0.717, 1.165) is 21.0 Å². The smallest absolute Gasteiger partial charge is 0.258 e. The lowest BCUT2D eigenvalue weighted by Gasteiger charge is -2.05. The Balaban J connectivity index is 1.96. The van der Waals surface area contributed by atoms with Crippen LogP contribution < -0.4 is 4.72 Å². The molecule has 7 nitrogen and oxygen atoms in total. The van der Waals surface area contributed by atoms with Crippen LogP contribution >= 0.6 is 27.3 Å². The lowest BCUT2D eigenvalue weighted by Crippen LogP contribution is -2.14. The average Bonchev–Trinajstić information content (AvgIpc) is 2.95. The zero-order valence-electron chi connectivity index (χ0n) is 13.3. The number of para-hydroxylation sites is 1. The molecule has 10 heteroatoms. The molecule has 1 aromatic heterocycles. The number of nitro groups is 1. The second-order valence-electron chi connectivity index (χ2n) is 5.26. The number of rotatable bonds is 5. The van der Waals surface area contributed by atoms with Crippen molar-refractivity contribution in [2.45, 2.75) is 11.8 Å². The molecule has 0 aliphatic heterocycles. The van der Waals surface area contributed by atoms with Crippen LogP contribution in [0.3, 0.4) is 0 Å². The van der Waals surface area contributed by atoms with Gasteiger partial charge >= 0.3 is 0 Å². The number of aryl methyl sites for hydroxylation is 1. The monoisotopic (exact) mass is 453 g/mol. The maximum absolute atomic E-state index is 12.6. The molecule has 1 N–H and O–H groups in total. The van der Waals surface area contributed by atoms with Gasteiger partial charge in [0.2, 0.25) is 0 Å². The predicted octanol–water partition coefficient (Wildman–Crippen LogP) is 4.59. The number of nitro benzene ring substituents is 1. The van der Waals surface area contributed by atoms with Crippen LogP contribution in [0.25, 0.3) is 11.3 Å². The van der Waals surface area contributed by atoms with Crippen LogP contribution in [0.1, 0.15) is 4.88 Å². The number of hydrogen-bond donors (Lipinski definition) is 1. The van der Waals surface area contributed by atoms with Crippen LogP contribution in [0.4, 0.5) is 10.8 Å². The largest absolute Gasteiger partial charge is 0.289 e. The number of nitrogens with zero attached hydrogens (tertiary/aromatic N) is 2. The molecule has 3 rings (SSSR count). The Bertz CT molecular complexity index is 1080. The maximum Gasteiger partial charge on any atom is 0.289 e. The van der Waals surface area contributed by atoms with E-state index in [9.17, 15) is 18.5 Å². The molecular formula is C16H12BrN3O4S2. The summed E-state index contributed by atoms with van der Waals surface area (Å²) < 4.78 is 28.4. The highest BCUT2D eigenvalue weighted by atomic mass is 79.9. The van der Waals surface area contributed by atoms with Crippen LogP contribution in [0.2, 0.25) is 0 Å². The molecule has 0 fully saturated rings. The van der Waals surface area contributed by atoms with Gasteiger partial charge in [0.05, 0.1) is 10.6 Å². The Morgan fingerprint density at radius 1 is 1.15 bits per heavy atom. The number of hydrogen-bond acceptors (Lipinski definition) is 6. The predicted molar refractivity (Wildman–Crippen MR) is 104 cm³/mol. The van der Waals surface area contributed by atoms with Gasteiger partial charge in [-0.2, -0.15) is 0 Å². The molecule has 0 saturated heterocycles. The van der Waals surface area contributed by atoms with E-state index in [2.05, 4.69) is 25.6 Å². The van der Waals surface area contributed by atoms with Crippen molar-refractivity contribution in [3.8, 4) is 11.3 Å². The summed E-state index contributed by atoms with van der Waals surface area (Å²) in [6.45, 7) is 1.83. The fourth-order valence-corrected chi connectivity index (χ4v) is 4.83. The van der Waals surface area contributed by atoms with Crippen molar-refractivity contribution in [1.82, 2.24) is 4.98 Å². The molecule has 0 amide bonds. The number of thiazole rings is 1. The SMILES string of the molecule is Cc1sc(NS(=O)(=O)c2ccccc2[N+](=O)[O-])nc1-c1ccc(Br)cc1. The quantitative estimate of drug-likeness (QED) is 0.449. The topological polar surface area (TPSA) is 102 Å². The first-order valence-electron chi connectivity index (χ1n) is 7.27. The molecule has 0 unspecified atom stereocenters. The number of anilines is 1. The molecule has 0 radical (unpaired) electrons. The van der Waals surface area contributed by atoms with Crippen LogP contribution in [0, 0.1) is 17.0 Å². The van der Waals surface area contributed by atoms with Crippen molar-refractivity contribution in [2.24, 2.45) is 0 Å². The number of aromatic nitrogens is 1. The Hall–Kier alpha value is -2.30. The molecule has 0 atom stereocenters. The summed E-state index contributed by atoms with van der Waals surface area (Å²) in [5, 5.41) is 11.2. The third-order valence-electron chi connectivity index (χ3n) is 3.49. The average molecular weight is 454 g/mol. The third-order valence-corrected chi connectivity index (χ3v) is 6.42. The lowest BCUT2D eigenvalue weighted by atomic mass is 10.1. The molecule has 2 aromatic carbocycles. The van der Waals surface area contributed by atoms with Crippen molar-refractivity contribution >= 4 is 48.1 Å². The van der Waals surface area contributed by atoms with E-state index in [1.54, 1.807) is 0 Å². The number of sulfonamides is 1. The van der Waals surface area contributed by atoms with Crippen molar-refractivity contribution in [1.29, 1.82) is 0 Å². The van der Waals surface area contributed by atoms with Crippen LogP contribution in [0.5, 0.6) is 0 Å². The molecule has 0 aliphatic carbocycles. The summed E-state index contributed by atoms with van der Waals surface area (Å²) in [5.74, 6) is 0. The summed E-state index contributed by atoms with van der Waals surface area (Å²) in [6, 6.07) is 12.7. The molecule has 0 spiro atoms. The Morgan fingerprint density at radius 3 is 2.46 bits per heavy atom. The van der Waals surface area contributed by atoms with E-state index in [4.69, 9.17) is 0 Å². The zero-order valence-corrected chi connectivity index (χ0v) is 16.6. The van der Waals surface area contributed by atoms with E-state index in [1.165, 1.54) is 29.5 Å². The van der Waals surface area contributed by atoms with Crippen LogP contribution in [-0.4, -0.2) is 18.3 Å². The molecule has 1 heterocycles. The first-order valence-corrected chi connectivity index (χ1v) is 10.4. The fourth-order valence-electron chi connectivity index (χ4n) is 2.32. The minimum absolute atomic E-state index is 0.151. The van der Waals surface area contributed by atoms with Crippen LogP contribution in [0.15, 0.2) is 57.9 Å². The Morgan fingerprint density at radius 2 is 1.81 bits per heavy atom. The highest BCUT2D eigenvalue weighted by Crippen LogP contribution is 2.33. The van der Waals surface area contributed by atoms with Gasteiger partial charge in [-0.15, -0.1) is 11.3 Å². The molecule has 0 bridgehead atoms. The lowest BCUT2D eigenvalue weighted by molar-refractivity contribution is -0.387. The van der Waals surface area contributed by atoms with Gasteiger partial charge in [-0.1, -0.05) is 40.2 Å². The summed E-state index contributed by atoms with van der Waals surface area (Å²) in [5.41, 5.74) is 1.02. The van der Waals surface area contributed by atoms with E-state index in [1.807, 2.05) is 31.2 Å². The van der Waals surface area contributed by atoms with Crippen molar-refractivity contribution in [3.63, 3.8) is 0 Å². The van der Waals surface area contributed by atoms with Gasteiger partial charge in [-0.05, 0) is 25.1 Å². The molecule has 3 aromatic rings. The Kier molecular flexibility index (Phi) is 5.08. The normalized spacial score (nSPS) is 11.3. The van der Waals surface area contributed by atoms with Gasteiger partial charge < -0.3 is 0 Å². The van der Waals surface area contributed by atoms with Gasteiger partial charge in [0, 0.05) is 21.0 Å². The second-order valence-corrected chi connectivity index (χ2v) is 9.03. The fraction of sp³-hybridized carbons (Fsp3) is 0.0625. The maximum atomic E-state index is 12.6. The standard InChI is InChI=1S/C16H12BrN3O4S2/c1-10-15(11-6-8-12(17)9-7-11)18-16(25-10)19-26(23,24)14-5-3-2-4-13(14)20(21)22/h2-9H,1H3,(H,18,19). The summed E-state index contributed by atoms with van der Waals surface area (Å²) in [7, 11) is -4.13. The number of halogens is 1. The van der Waals surface area contributed by atoms with Gasteiger partial charge in [0.1, 0.15) is 0 Å². The summed E-state index contributed by atoms with van der Waals surface area (Å²) in [4.78, 5) is 15.1. The van der Waals surface area contributed by atoms with Gasteiger partial charge in [-0.3, -0.25) is 14.8 Å². The number of benzene rings is 2. The van der Waals surface area contributed by atoms with E-state index in [0.29, 0.717) is 5.69 Å². The third kappa shape index (κ3) is 3.76. The molecule has 26 heavy (non-hydrogen) atoms. The number of nitrogens with one attached hydrogen (secondary N) is 1. The Labute approximate surface area is 162 Å². The van der Waals surface area contributed by atoms with Crippen LogP contribution in [-0.2, 0) is 10.0 Å². The molecule has 0 saturated carbocycles. The van der Waals surface area contributed by atoms with Crippen molar-refractivity contribution < 1.29 is 13.3 Å². The molecular weight excluding hydrogens is 442 g/mol. The first-order chi connectivity index (χ1) is 12.3. The van der Waals surface area contributed by atoms with Crippen molar-refractivity contribution in [3.05, 3.63) is 68.0 Å². The summed E-state index contributed by atoms with van der Waals surface area (Å²) >= 11 is 4.53. The molecule has 134 valence electrons. The minimum atomic E-state index is -4.13. The van der Waals surface area contributed by atoms with Crippen molar-refractivity contribution in [2.75, 3.05) is 4.72 Å². The van der Waals surface area contributed by atoms with Gasteiger partial charge in [0.25, 0.3) is 15.7 Å². The van der Waals surface area contributed by atoms with Gasteiger partial charge in [0.15, 0.2) is 10.0 Å². The van der Waals surface area contributed by atoms with E-state index < -0.39 is 25.5 Å². The second kappa shape index (κ2) is 7.14. The van der Waals surface area contributed by atoms with Gasteiger partial charge in [-0.25, -0.2) is 13.4 Å². The summed E-state index contributed by atoms with van der Waals surface area (Å²) in [6.07, 6.45) is 0. The highest BCUT2D eigenvalue weighted by Gasteiger charge is 2.26. The highest BCUT2D eigenvalue weighted by molar-refractivity contribution is 9.10. The zero-order chi connectivity index (χ0) is 18.9. The van der Waals surface area contributed by atoms with E-state index >= 15 is 0 Å². The minimum Gasteiger partial charge on any atom is -0.258 e. The molecule has 0 aliphatic rings.